The van der Waals surface area contributed by atoms with Crippen LogP contribution < -0.4 is 18.9 Å². The molecule has 278 valence electrons. The summed E-state index contributed by atoms with van der Waals surface area (Å²) in [6.07, 6.45) is 13.7. The Balaban J connectivity index is 1.22. The molecule has 0 radical (unpaired) electrons. The second kappa shape index (κ2) is 14.3. The van der Waals surface area contributed by atoms with Crippen LogP contribution in [0.5, 0.6) is 23.0 Å². The van der Waals surface area contributed by atoms with Gasteiger partial charge in [0.05, 0.1) is 43.5 Å². The molecule has 4 aliphatic rings. The van der Waals surface area contributed by atoms with Gasteiger partial charge in [-0.3, -0.25) is 0 Å². The van der Waals surface area contributed by atoms with Crippen molar-refractivity contribution in [1.82, 2.24) is 0 Å². The molecular formula is C44H34N4O4S4. The molecule has 1 aromatic carbocycles. The first-order valence-corrected chi connectivity index (χ1v) is 21.8. The predicted octanol–water partition coefficient (Wildman–Crippen LogP) is 13.3. The van der Waals surface area contributed by atoms with Crippen LogP contribution in [0.2, 0.25) is 0 Å². The Labute approximate surface area is 341 Å². The number of rotatable bonds is 6. The first-order valence-electron chi connectivity index (χ1n) is 18.5. The number of hydrogen-bond donors (Lipinski definition) is 0. The van der Waals surface area contributed by atoms with E-state index in [1.165, 1.54) is 57.8 Å². The van der Waals surface area contributed by atoms with Gasteiger partial charge in [0.1, 0.15) is 65.1 Å². The molecule has 0 saturated heterocycles. The Kier molecular flexibility index (Phi) is 9.28. The SMILES string of the molecule is [C-]#[N+]C(=Cc1cc(OC)c(-c2cc3c(s2)-c2cc4c(cc2C2(CCCCC2)O3)-c2sc(-c3sc(C=C(C#N)C#N)cc3OC)cc2OC42CCCCC2)s1)[N+]#[C-]. The molecule has 2 aliphatic heterocycles. The smallest absolute Gasteiger partial charge is 0.495 e. The lowest BCUT2D eigenvalue weighted by Gasteiger charge is -2.45. The van der Waals surface area contributed by atoms with E-state index in [0.29, 0.717) is 11.5 Å². The first-order chi connectivity index (χ1) is 27.3. The van der Waals surface area contributed by atoms with Crippen molar-refractivity contribution in [2.45, 2.75) is 75.4 Å². The average Bonchev–Trinajstić information content (AvgIpc) is 4.04. The summed E-state index contributed by atoms with van der Waals surface area (Å²) in [5.41, 5.74) is 4.08. The van der Waals surface area contributed by atoms with Crippen LogP contribution in [0, 0.1) is 35.8 Å². The van der Waals surface area contributed by atoms with E-state index >= 15 is 0 Å². The van der Waals surface area contributed by atoms with Crippen LogP contribution in [0.4, 0.5) is 0 Å². The van der Waals surface area contributed by atoms with Gasteiger partial charge in [0.15, 0.2) is 0 Å². The first kappa shape index (κ1) is 36.3. The highest BCUT2D eigenvalue weighted by molar-refractivity contribution is 7.25. The zero-order valence-corrected chi connectivity index (χ0v) is 34.0. The van der Waals surface area contributed by atoms with Crippen molar-refractivity contribution in [3.63, 3.8) is 0 Å². The van der Waals surface area contributed by atoms with Crippen molar-refractivity contribution in [3.05, 3.63) is 91.5 Å². The summed E-state index contributed by atoms with van der Waals surface area (Å²) in [4.78, 5) is 14.5. The Morgan fingerprint density at radius 2 is 1.09 bits per heavy atom. The summed E-state index contributed by atoms with van der Waals surface area (Å²) in [7, 11) is 3.31. The Morgan fingerprint density at radius 1 is 0.643 bits per heavy atom. The number of benzene rings is 1. The minimum atomic E-state index is -0.449. The lowest BCUT2D eigenvalue weighted by molar-refractivity contribution is 0.0206. The van der Waals surface area contributed by atoms with Crippen LogP contribution in [-0.4, -0.2) is 14.2 Å². The molecular weight excluding hydrogens is 777 g/mol. The van der Waals surface area contributed by atoms with Crippen molar-refractivity contribution >= 4 is 57.5 Å². The van der Waals surface area contributed by atoms with Crippen molar-refractivity contribution in [2.24, 2.45) is 0 Å². The lowest BCUT2D eigenvalue weighted by Crippen LogP contribution is -2.40. The molecule has 2 saturated carbocycles. The molecule has 8 nitrogen and oxygen atoms in total. The molecule has 0 unspecified atom stereocenters. The van der Waals surface area contributed by atoms with Crippen molar-refractivity contribution in [2.75, 3.05) is 14.2 Å². The minimum absolute atomic E-state index is 0.0216. The van der Waals surface area contributed by atoms with E-state index in [1.54, 1.807) is 49.0 Å². The normalized spacial score (nSPS) is 16.5. The average molecular weight is 811 g/mol. The molecule has 2 fully saturated rings. The number of nitrogens with zero attached hydrogens (tertiary/aromatic N) is 4. The van der Waals surface area contributed by atoms with Gasteiger partial charge in [-0.15, -0.1) is 45.3 Å². The van der Waals surface area contributed by atoms with E-state index in [4.69, 9.17) is 32.1 Å². The van der Waals surface area contributed by atoms with Gasteiger partial charge in [0.25, 0.3) is 0 Å². The van der Waals surface area contributed by atoms with E-state index < -0.39 is 11.2 Å². The number of methoxy groups -OCH3 is 2. The lowest BCUT2D eigenvalue weighted by atomic mass is 9.71. The highest BCUT2D eigenvalue weighted by atomic mass is 32.1. The Morgan fingerprint density at radius 3 is 1.50 bits per heavy atom. The van der Waals surface area contributed by atoms with Crippen LogP contribution in [0.15, 0.2) is 47.8 Å². The Bertz CT molecular complexity index is 2440. The fraction of sp³-hybridized carbons (Fsp3) is 0.318. The quantitative estimate of drug-likeness (QED) is 0.125. The fourth-order valence-corrected chi connectivity index (χ4v) is 13.3. The zero-order chi connectivity index (χ0) is 38.6. The summed E-state index contributed by atoms with van der Waals surface area (Å²) in [6, 6.07) is 16.9. The van der Waals surface area contributed by atoms with E-state index in [2.05, 4.69) is 34.0 Å². The second-order valence-electron chi connectivity index (χ2n) is 14.5. The van der Waals surface area contributed by atoms with E-state index in [-0.39, 0.29) is 11.4 Å². The zero-order valence-electron chi connectivity index (χ0n) is 30.7. The number of fused-ring (bicyclic) bond motifs is 8. The van der Waals surface area contributed by atoms with Crippen LogP contribution in [0.25, 0.3) is 62.2 Å². The molecule has 5 aromatic rings. The third-order valence-corrected chi connectivity index (χ3v) is 16.1. The fourth-order valence-electron chi connectivity index (χ4n) is 8.77. The standard InChI is InChI=1S/C44H34N4O4S4/c1-47-38(48-2)18-27-17-33(50-4)42(54-27)37-22-35-40(56-37)29-20-30-28(19-31(29)44(52-35)13-9-6-10-14-44)39-34(51-43(30)11-7-5-8-12-43)21-36(55-39)41-32(49-3)16-26(53-41)15-25(23-45)24-46/h15-22H,5-14H2,3-4H3. The highest BCUT2D eigenvalue weighted by Crippen LogP contribution is 2.62. The number of ether oxygens (including phenoxy) is 4. The molecule has 2 aliphatic carbocycles. The molecule has 56 heavy (non-hydrogen) atoms. The summed E-state index contributed by atoms with van der Waals surface area (Å²) in [5.74, 6) is 3.23. The molecule has 9 rings (SSSR count). The van der Waals surface area contributed by atoms with Crippen molar-refractivity contribution < 1.29 is 18.9 Å². The highest BCUT2D eigenvalue weighted by Gasteiger charge is 2.48. The third kappa shape index (κ3) is 5.92. The summed E-state index contributed by atoms with van der Waals surface area (Å²) >= 11 is 6.43. The molecule has 0 amide bonds. The summed E-state index contributed by atoms with van der Waals surface area (Å²) in [5, 5.41) is 18.8. The van der Waals surface area contributed by atoms with Crippen molar-refractivity contribution in [3.8, 4) is 75.5 Å². The van der Waals surface area contributed by atoms with Crippen LogP contribution in [0.1, 0.15) is 85.1 Å². The maximum Gasteiger partial charge on any atom is 0.520 e. The van der Waals surface area contributed by atoms with Gasteiger partial charge in [-0.25, -0.2) is 0 Å². The number of allylic oxidation sites excluding steroid dienone is 1. The maximum atomic E-state index is 9.40. The maximum absolute atomic E-state index is 9.40. The molecule has 0 atom stereocenters. The van der Waals surface area contributed by atoms with Crippen LogP contribution in [0.3, 0.4) is 0 Å². The molecule has 0 bridgehead atoms. The largest absolute Gasteiger partial charge is 0.520 e. The van der Waals surface area contributed by atoms with E-state index in [1.807, 2.05) is 24.3 Å². The van der Waals surface area contributed by atoms with Crippen LogP contribution >= 0.6 is 45.3 Å². The monoisotopic (exact) mass is 810 g/mol. The molecule has 4 aromatic heterocycles. The summed E-state index contributed by atoms with van der Waals surface area (Å²) < 4.78 is 26.1. The predicted molar refractivity (Wildman–Crippen MR) is 224 cm³/mol. The summed E-state index contributed by atoms with van der Waals surface area (Å²) in [6.45, 7) is 14.7. The van der Waals surface area contributed by atoms with E-state index in [0.717, 1.165) is 102 Å². The van der Waals surface area contributed by atoms with E-state index in [9.17, 15) is 10.5 Å². The van der Waals surface area contributed by atoms with Gasteiger partial charge >= 0.3 is 5.82 Å². The van der Waals surface area contributed by atoms with Gasteiger partial charge in [0.2, 0.25) is 0 Å². The number of nitriles is 2. The topological polar surface area (TPSA) is 93.2 Å². The molecule has 6 heterocycles. The Hall–Kier alpha value is -5.34. The van der Waals surface area contributed by atoms with Gasteiger partial charge in [-0.05, 0) is 81.7 Å². The van der Waals surface area contributed by atoms with Gasteiger partial charge in [-0.2, -0.15) is 20.2 Å². The molecule has 0 N–H and O–H groups in total. The van der Waals surface area contributed by atoms with Gasteiger partial charge in [-0.1, -0.05) is 12.8 Å². The third-order valence-electron chi connectivity index (χ3n) is 11.3. The number of hydrogen-bond acceptors (Lipinski definition) is 10. The second-order valence-corrected chi connectivity index (χ2v) is 18.7. The number of thiophene rings is 4. The van der Waals surface area contributed by atoms with Crippen LogP contribution in [-0.2, 0) is 11.2 Å². The minimum Gasteiger partial charge on any atom is -0.495 e. The van der Waals surface area contributed by atoms with Crippen molar-refractivity contribution in [1.29, 1.82) is 10.5 Å². The molecule has 12 heteroatoms. The van der Waals surface area contributed by atoms with Gasteiger partial charge < -0.3 is 18.9 Å². The van der Waals surface area contributed by atoms with Gasteiger partial charge in [0, 0.05) is 50.2 Å². The molecule has 2 spiro atoms.